The number of hydrogen-bond donors (Lipinski definition) is 1. The largest absolute Gasteiger partial charge is 0.355 e. The van der Waals surface area contributed by atoms with Crippen LogP contribution in [-0.2, 0) is 4.79 Å². The molecule has 0 spiro atoms. The molecular weight excluding hydrogens is 395 g/mol. The summed E-state index contributed by atoms with van der Waals surface area (Å²) >= 11 is 1.52. The summed E-state index contributed by atoms with van der Waals surface area (Å²) in [5.74, 6) is -0.113. The lowest BCUT2D eigenvalue weighted by Gasteiger charge is -2.33. The van der Waals surface area contributed by atoms with E-state index in [2.05, 4.69) is 10.5 Å². The van der Waals surface area contributed by atoms with Crippen molar-refractivity contribution in [2.45, 2.75) is 0 Å². The number of carbonyl (C=O) groups is 2. The van der Waals surface area contributed by atoms with Crippen molar-refractivity contribution >= 4 is 28.8 Å². The van der Waals surface area contributed by atoms with E-state index in [9.17, 15) is 14.0 Å². The number of benzene rings is 1. The van der Waals surface area contributed by atoms with Crippen molar-refractivity contribution in [1.29, 1.82) is 0 Å². The predicted octanol–water partition coefficient (Wildman–Crippen LogP) is 2.94. The van der Waals surface area contributed by atoms with Crippen molar-refractivity contribution in [2.75, 3.05) is 38.0 Å². The molecule has 2 amide bonds. The second-order valence-corrected chi connectivity index (χ2v) is 7.62. The monoisotopic (exact) mass is 414 g/mol. The third-order valence-electron chi connectivity index (χ3n) is 4.65. The Labute approximate surface area is 170 Å². The van der Waals surface area contributed by atoms with E-state index in [4.69, 9.17) is 4.52 Å². The third kappa shape index (κ3) is 4.69. The number of carbonyl (C=O) groups excluding carboxylic acids is 2. The number of anilines is 1. The van der Waals surface area contributed by atoms with Crippen LogP contribution in [0.4, 0.5) is 10.1 Å². The van der Waals surface area contributed by atoms with Crippen LogP contribution in [-0.4, -0.2) is 59.5 Å². The van der Waals surface area contributed by atoms with Crippen molar-refractivity contribution in [1.82, 2.24) is 15.0 Å². The van der Waals surface area contributed by atoms with Gasteiger partial charge in [0, 0.05) is 37.9 Å². The summed E-state index contributed by atoms with van der Waals surface area (Å²) in [6, 6.07) is 11.1. The van der Waals surface area contributed by atoms with E-state index >= 15 is 0 Å². The van der Waals surface area contributed by atoms with Gasteiger partial charge in [0.05, 0.1) is 11.4 Å². The highest BCUT2D eigenvalue weighted by Crippen LogP contribution is 2.25. The Morgan fingerprint density at radius 1 is 1.14 bits per heavy atom. The molecule has 1 N–H and O–H groups in total. The van der Waals surface area contributed by atoms with Gasteiger partial charge in [0.25, 0.3) is 5.91 Å². The maximum absolute atomic E-state index is 12.9. The quantitative estimate of drug-likeness (QED) is 0.695. The van der Waals surface area contributed by atoms with Crippen LogP contribution in [0.15, 0.2) is 52.4 Å². The molecule has 4 rings (SSSR count). The number of aromatic nitrogens is 1. The van der Waals surface area contributed by atoms with Crippen molar-refractivity contribution in [3.63, 3.8) is 0 Å². The lowest BCUT2D eigenvalue weighted by atomic mass is 10.2. The molecule has 0 radical (unpaired) electrons. The van der Waals surface area contributed by atoms with Gasteiger partial charge in [-0.3, -0.25) is 14.5 Å². The zero-order chi connectivity index (χ0) is 20.2. The SMILES string of the molecule is O=C(CN1CCN(C(=O)c2cc(-c3cccs3)on2)CC1)Nc1ccc(F)cc1. The number of rotatable bonds is 5. The smallest absolute Gasteiger partial charge is 0.276 e. The Morgan fingerprint density at radius 2 is 1.90 bits per heavy atom. The van der Waals surface area contributed by atoms with Gasteiger partial charge in [-0.2, -0.15) is 0 Å². The molecule has 0 aliphatic carbocycles. The third-order valence-corrected chi connectivity index (χ3v) is 5.53. The molecule has 150 valence electrons. The van der Waals surface area contributed by atoms with E-state index in [1.54, 1.807) is 11.0 Å². The molecule has 0 saturated carbocycles. The van der Waals surface area contributed by atoms with Gasteiger partial charge in [-0.05, 0) is 35.7 Å². The minimum atomic E-state index is -0.349. The zero-order valence-corrected chi connectivity index (χ0v) is 16.3. The normalized spacial score (nSPS) is 14.7. The van der Waals surface area contributed by atoms with Crippen molar-refractivity contribution < 1.29 is 18.5 Å². The molecule has 7 nitrogen and oxygen atoms in total. The standard InChI is InChI=1S/C20H19FN4O3S/c21-14-3-5-15(6-4-14)22-19(26)13-24-7-9-25(10-8-24)20(27)16-12-17(28-23-16)18-2-1-11-29-18/h1-6,11-12H,7-10,13H2,(H,22,26). The molecule has 2 aromatic heterocycles. The molecule has 29 heavy (non-hydrogen) atoms. The Bertz CT molecular complexity index is 980. The number of thiophene rings is 1. The first-order valence-corrected chi connectivity index (χ1v) is 10.0. The summed E-state index contributed by atoms with van der Waals surface area (Å²) in [4.78, 5) is 29.4. The van der Waals surface area contributed by atoms with E-state index < -0.39 is 0 Å². The minimum absolute atomic E-state index is 0.173. The van der Waals surface area contributed by atoms with Gasteiger partial charge in [-0.15, -0.1) is 11.3 Å². The molecular formula is C20H19FN4O3S. The van der Waals surface area contributed by atoms with Crippen LogP contribution >= 0.6 is 11.3 Å². The van der Waals surface area contributed by atoms with E-state index in [0.717, 1.165) is 4.88 Å². The predicted molar refractivity (Wildman–Crippen MR) is 107 cm³/mol. The topological polar surface area (TPSA) is 78.7 Å². The van der Waals surface area contributed by atoms with Gasteiger partial charge in [0.1, 0.15) is 5.82 Å². The van der Waals surface area contributed by atoms with Crippen molar-refractivity contribution in [3.05, 3.63) is 59.4 Å². The van der Waals surface area contributed by atoms with Gasteiger partial charge < -0.3 is 14.7 Å². The fraction of sp³-hybridized carbons (Fsp3) is 0.250. The fourth-order valence-electron chi connectivity index (χ4n) is 3.12. The first-order chi connectivity index (χ1) is 14.1. The first-order valence-electron chi connectivity index (χ1n) is 9.16. The number of nitrogens with one attached hydrogen (secondary N) is 1. The van der Waals surface area contributed by atoms with Gasteiger partial charge in [0.15, 0.2) is 11.5 Å². The van der Waals surface area contributed by atoms with E-state index in [-0.39, 0.29) is 29.9 Å². The molecule has 0 unspecified atom stereocenters. The summed E-state index contributed by atoms with van der Waals surface area (Å²) < 4.78 is 18.2. The maximum Gasteiger partial charge on any atom is 0.276 e. The first kappa shape index (κ1) is 19.3. The molecule has 0 atom stereocenters. The fourth-order valence-corrected chi connectivity index (χ4v) is 3.79. The Kier molecular flexibility index (Phi) is 5.68. The van der Waals surface area contributed by atoms with Gasteiger partial charge in [-0.25, -0.2) is 4.39 Å². The minimum Gasteiger partial charge on any atom is -0.355 e. The van der Waals surface area contributed by atoms with Crippen LogP contribution in [0.1, 0.15) is 10.5 Å². The zero-order valence-electron chi connectivity index (χ0n) is 15.5. The van der Waals surface area contributed by atoms with Crippen LogP contribution in [0.25, 0.3) is 10.6 Å². The lowest BCUT2D eigenvalue weighted by Crippen LogP contribution is -2.50. The van der Waals surface area contributed by atoms with Crippen LogP contribution in [0.5, 0.6) is 0 Å². The molecule has 9 heteroatoms. The van der Waals surface area contributed by atoms with Crippen molar-refractivity contribution in [2.24, 2.45) is 0 Å². The summed E-state index contributed by atoms with van der Waals surface area (Å²) in [7, 11) is 0. The molecule has 1 aromatic carbocycles. The Balaban J connectivity index is 1.27. The number of piperazine rings is 1. The highest BCUT2D eigenvalue weighted by molar-refractivity contribution is 7.13. The Morgan fingerprint density at radius 3 is 2.59 bits per heavy atom. The number of halogens is 1. The molecule has 1 fully saturated rings. The summed E-state index contributed by atoms with van der Waals surface area (Å²) in [6.45, 7) is 2.38. The second-order valence-electron chi connectivity index (χ2n) is 6.68. The van der Waals surface area contributed by atoms with E-state index in [1.807, 2.05) is 22.4 Å². The molecule has 0 bridgehead atoms. The number of nitrogens with zero attached hydrogens (tertiary/aromatic N) is 3. The maximum atomic E-state index is 12.9. The van der Waals surface area contributed by atoms with Gasteiger partial charge in [-0.1, -0.05) is 11.2 Å². The average molecular weight is 414 g/mol. The second kappa shape index (κ2) is 8.54. The number of hydrogen-bond acceptors (Lipinski definition) is 6. The molecule has 1 aliphatic rings. The van der Waals surface area contributed by atoms with Crippen LogP contribution in [0.2, 0.25) is 0 Å². The molecule has 1 aliphatic heterocycles. The Hall–Kier alpha value is -3.04. The highest BCUT2D eigenvalue weighted by atomic mass is 32.1. The molecule has 1 saturated heterocycles. The lowest BCUT2D eigenvalue weighted by molar-refractivity contribution is -0.117. The van der Waals surface area contributed by atoms with Gasteiger partial charge >= 0.3 is 0 Å². The number of amides is 2. The van der Waals surface area contributed by atoms with E-state index in [0.29, 0.717) is 37.6 Å². The van der Waals surface area contributed by atoms with Crippen LogP contribution in [0.3, 0.4) is 0 Å². The van der Waals surface area contributed by atoms with Crippen LogP contribution < -0.4 is 5.32 Å². The van der Waals surface area contributed by atoms with Gasteiger partial charge in [0.2, 0.25) is 5.91 Å². The summed E-state index contributed by atoms with van der Waals surface area (Å²) in [5.41, 5.74) is 0.841. The van der Waals surface area contributed by atoms with Crippen LogP contribution in [0, 0.1) is 5.82 Å². The highest BCUT2D eigenvalue weighted by Gasteiger charge is 2.25. The van der Waals surface area contributed by atoms with Crippen molar-refractivity contribution in [3.8, 4) is 10.6 Å². The summed E-state index contributed by atoms with van der Waals surface area (Å²) in [6.07, 6.45) is 0. The molecule has 3 heterocycles. The summed E-state index contributed by atoms with van der Waals surface area (Å²) in [5, 5.41) is 8.58. The average Bonchev–Trinajstić information content (AvgIpc) is 3.41. The molecule has 3 aromatic rings. The van der Waals surface area contributed by atoms with E-state index in [1.165, 1.54) is 35.6 Å².